The van der Waals surface area contributed by atoms with Gasteiger partial charge >= 0.3 is 0 Å². The van der Waals surface area contributed by atoms with E-state index in [4.69, 9.17) is 4.52 Å². The summed E-state index contributed by atoms with van der Waals surface area (Å²) in [6.07, 6.45) is 3.64. The van der Waals surface area contributed by atoms with Gasteiger partial charge in [-0.15, -0.1) is 0 Å². The molecule has 0 aromatic carbocycles. The SMILES string of the molecule is Cc1cc(CC2CCN(C)CC2)on1. The molecule has 1 aliphatic heterocycles. The Balaban J connectivity index is 1.86. The second-order valence-corrected chi connectivity index (χ2v) is 4.39. The zero-order valence-corrected chi connectivity index (χ0v) is 8.99. The molecule has 0 radical (unpaired) electrons. The molecule has 2 rings (SSSR count). The van der Waals surface area contributed by atoms with Crippen LogP contribution in [-0.4, -0.2) is 30.2 Å². The quantitative estimate of drug-likeness (QED) is 0.719. The zero-order chi connectivity index (χ0) is 9.97. The molecule has 0 spiro atoms. The number of piperidine rings is 1. The third-order valence-corrected chi connectivity index (χ3v) is 3.00. The Bertz CT molecular complexity index is 287. The molecular formula is C11H18N2O. The van der Waals surface area contributed by atoms with E-state index in [9.17, 15) is 0 Å². The first kappa shape index (κ1) is 9.71. The molecule has 0 saturated carbocycles. The first-order valence-corrected chi connectivity index (χ1v) is 5.35. The molecular weight excluding hydrogens is 176 g/mol. The fourth-order valence-corrected chi connectivity index (χ4v) is 2.06. The van der Waals surface area contributed by atoms with Gasteiger partial charge in [0.15, 0.2) is 0 Å². The molecule has 78 valence electrons. The molecule has 0 unspecified atom stereocenters. The van der Waals surface area contributed by atoms with Crippen molar-refractivity contribution < 1.29 is 4.52 Å². The molecule has 2 heterocycles. The third-order valence-electron chi connectivity index (χ3n) is 3.00. The summed E-state index contributed by atoms with van der Waals surface area (Å²) < 4.78 is 5.23. The minimum Gasteiger partial charge on any atom is -0.361 e. The summed E-state index contributed by atoms with van der Waals surface area (Å²) in [4.78, 5) is 2.39. The van der Waals surface area contributed by atoms with Gasteiger partial charge in [-0.05, 0) is 45.8 Å². The Labute approximate surface area is 85.1 Å². The van der Waals surface area contributed by atoms with Crippen LogP contribution >= 0.6 is 0 Å². The number of hydrogen-bond acceptors (Lipinski definition) is 3. The predicted molar refractivity (Wildman–Crippen MR) is 55.2 cm³/mol. The highest BCUT2D eigenvalue weighted by Crippen LogP contribution is 2.20. The van der Waals surface area contributed by atoms with E-state index in [1.165, 1.54) is 25.9 Å². The molecule has 1 saturated heterocycles. The van der Waals surface area contributed by atoms with Gasteiger partial charge in [0.1, 0.15) is 5.76 Å². The lowest BCUT2D eigenvalue weighted by Gasteiger charge is -2.28. The van der Waals surface area contributed by atoms with Crippen LogP contribution in [0.2, 0.25) is 0 Å². The average Bonchev–Trinajstić information content (AvgIpc) is 2.56. The van der Waals surface area contributed by atoms with Crippen molar-refractivity contribution >= 4 is 0 Å². The van der Waals surface area contributed by atoms with Gasteiger partial charge in [0.25, 0.3) is 0 Å². The minimum absolute atomic E-state index is 0.790. The van der Waals surface area contributed by atoms with E-state index in [0.29, 0.717) is 0 Å². The van der Waals surface area contributed by atoms with Crippen LogP contribution in [0, 0.1) is 12.8 Å². The zero-order valence-electron chi connectivity index (χ0n) is 8.99. The average molecular weight is 194 g/mol. The van der Waals surface area contributed by atoms with E-state index in [1.807, 2.05) is 6.92 Å². The highest BCUT2D eigenvalue weighted by Gasteiger charge is 2.18. The maximum atomic E-state index is 5.23. The van der Waals surface area contributed by atoms with E-state index in [1.54, 1.807) is 0 Å². The normalized spacial score (nSPS) is 20.1. The number of likely N-dealkylation sites (tertiary alicyclic amines) is 1. The summed E-state index contributed by atoms with van der Waals surface area (Å²) in [6.45, 7) is 4.41. The number of hydrogen-bond donors (Lipinski definition) is 0. The number of aromatic nitrogens is 1. The van der Waals surface area contributed by atoms with Crippen molar-refractivity contribution in [2.24, 2.45) is 5.92 Å². The maximum absolute atomic E-state index is 5.23. The number of nitrogens with zero attached hydrogens (tertiary/aromatic N) is 2. The van der Waals surface area contributed by atoms with Crippen LogP contribution in [0.15, 0.2) is 10.6 Å². The largest absolute Gasteiger partial charge is 0.361 e. The van der Waals surface area contributed by atoms with Crippen molar-refractivity contribution in [2.75, 3.05) is 20.1 Å². The minimum atomic E-state index is 0.790. The van der Waals surface area contributed by atoms with Gasteiger partial charge in [-0.1, -0.05) is 5.16 Å². The first-order valence-electron chi connectivity index (χ1n) is 5.35. The summed E-state index contributed by atoms with van der Waals surface area (Å²) in [7, 11) is 2.19. The van der Waals surface area contributed by atoms with Gasteiger partial charge in [0.05, 0.1) is 5.69 Å². The van der Waals surface area contributed by atoms with E-state index in [2.05, 4.69) is 23.2 Å². The highest BCUT2D eigenvalue weighted by atomic mass is 16.5. The Morgan fingerprint density at radius 1 is 1.50 bits per heavy atom. The van der Waals surface area contributed by atoms with Crippen LogP contribution in [0.4, 0.5) is 0 Å². The van der Waals surface area contributed by atoms with Gasteiger partial charge in [-0.25, -0.2) is 0 Å². The molecule has 0 N–H and O–H groups in total. The van der Waals surface area contributed by atoms with Gasteiger partial charge in [-0.2, -0.15) is 0 Å². The Kier molecular flexibility index (Phi) is 2.87. The lowest BCUT2D eigenvalue weighted by molar-refractivity contribution is 0.210. The first-order chi connectivity index (χ1) is 6.74. The fourth-order valence-electron chi connectivity index (χ4n) is 2.06. The van der Waals surface area contributed by atoms with Crippen LogP contribution in [0.3, 0.4) is 0 Å². The second-order valence-electron chi connectivity index (χ2n) is 4.39. The lowest BCUT2D eigenvalue weighted by atomic mass is 9.93. The fraction of sp³-hybridized carbons (Fsp3) is 0.727. The lowest BCUT2D eigenvalue weighted by Crippen LogP contribution is -2.30. The van der Waals surface area contributed by atoms with Gasteiger partial charge in [-0.3, -0.25) is 0 Å². The number of aryl methyl sites for hydroxylation is 1. The van der Waals surface area contributed by atoms with Crippen molar-refractivity contribution in [3.8, 4) is 0 Å². The molecule has 14 heavy (non-hydrogen) atoms. The van der Waals surface area contributed by atoms with Crippen LogP contribution in [0.5, 0.6) is 0 Å². The summed E-state index contributed by atoms with van der Waals surface area (Å²) in [6, 6.07) is 2.05. The molecule has 3 heteroatoms. The van der Waals surface area contributed by atoms with Gasteiger partial charge in [0, 0.05) is 12.5 Å². The molecule has 3 nitrogen and oxygen atoms in total. The third kappa shape index (κ3) is 2.35. The Hall–Kier alpha value is -0.830. The van der Waals surface area contributed by atoms with Crippen LogP contribution in [0.25, 0.3) is 0 Å². The standard InChI is InChI=1S/C11H18N2O/c1-9-7-11(14-12-9)8-10-3-5-13(2)6-4-10/h7,10H,3-6,8H2,1-2H3. The Morgan fingerprint density at radius 3 is 2.79 bits per heavy atom. The van der Waals surface area contributed by atoms with Gasteiger partial charge in [0.2, 0.25) is 0 Å². The molecule has 1 aliphatic rings. The maximum Gasteiger partial charge on any atom is 0.137 e. The van der Waals surface area contributed by atoms with Crippen molar-refractivity contribution in [3.63, 3.8) is 0 Å². The monoisotopic (exact) mass is 194 g/mol. The molecule has 0 amide bonds. The van der Waals surface area contributed by atoms with Crippen molar-refractivity contribution in [3.05, 3.63) is 17.5 Å². The second kappa shape index (κ2) is 4.13. The van der Waals surface area contributed by atoms with E-state index in [-0.39, 0.29) is 0 Å². The molecule has 0 atom stereocenters. The van der Waals surface area contributed by atoms with Crippen LogP contribution < -0.4 is 0 Å². The van der Waals surface area contributed by atoms with E-state index < -0.39 is 0 Å². The predicted octanol–water partition coefficient (Wildman–Crippen LogP) is 1.87. The highest BCUT2D eigenvalue weighted by molar-refractivity contribution is 5.04. The smallest absolute Gasteiger partial charge is 0.137 e. The summed E-state index contributed by atoms with van der Waals surface area (Å²) >= 11 is 0. The van der Waals surface area contributed by atoms with E-state index in [0.717, 1.165) is 23.8 Å². The van der Waals surface area contributed by atoms with Crippen molar-refractivity contribution in [1.29, 1.82) is 0 Å². The van der Waals surface area contributed by atoms with Crippen molar-refractivity contribution in [2.45, 2.75) is 26.2 Å². The summed E-state index contributed by atoms with van der Waals surface area (Å²) in [5, 5.41) is 3.91. The van der Waals surface area contributed by atoms with Crippen molar-refractivity contribution in [1.82, 2.24) is 10.1 Å². The molecule has 0 bridgehead atoms. The molecule has 1 aromatic rings. The molecule has 1 fully saturated rings. The number of rotatable bonds is 2. The van der Waals surface area contributed by atoms with Crippen LogP contribution in [0.1, 0.15) is 24.3 Å². The summed E-state index contributed by atoms with van der Waals surface area (Å²) in [5.74, 6) is 1.84. The Morgan fingerprint density at radius 2 is 2.21 bits per heavy atom. The molecule has 0 aliphatic carbocycles. The molecule has 1 aromatic heterocycles. The van der Waals surface area contributed by atoms with Gasteiger partial charge < -0.3 is 9.42 Å². The summed E-state index contributed by atoms with van der Waals surface area (Å²) in [5.41, 5.74) is 0.993. The topological polar surface area (TPSA) is 29.3 Å². The van der Waals surface area contributed by atoms with E-state index >= 15 is 0 Å². The van der Waals surface area contributed by atoms with Crippen LogP contribution in [-0.2, 0) is 6.42 Å².